The number of fused-ring (bicyclic) bond motifs is 3. The van der Waals surface area contributed by atoms with E-state index in [4.69, 9.17) is 0 Å². The number of benzene rings is 4. The maximum absolute atomic E-state index is 13.1. The summed E-state index contributed by atoms with van der Waals surface area (Å²) in [5.41, 5.74) is 4.27. The number of hydrogen-bond donors (Lipinski definition) is 0. The molecular formula is C27H17F6N. The molecule has 172 valence electrons. The second-order valence-corrected chi connectivity index (χ2v) is 8.10. The van der Waals surface area contributed by atoms with Gasteiger partial charge in [-0.15, -0.1) is 0 Å². The van der Waals surface area contributed by atoms with Crippen LogP contribution in [0.4, 0.5) is 43.4 Å². The van der Waals surface area contributed by atoms with Crippen molar-refractivity contribution in [3.05, 3.63) is 113 Å². The van der Waals surface area contributed by atoms with Crippen LogP contribution < -0.4 is 4.90 Å². The minimum absolute atomic E-state index is 0.406. The molecule has 0 radical (unpaired) electrons. The number of hydrogen-bond acceptors (Lipinski definition) is 1. The average molecular weight is 469 g/mol. The molecule has 4 aromatic rings. The summed E-state index contributed by atoms with van der Waals surface area (Å²) in [4.78, 5) is 1.66. The van der Waals surface area contributed by atoms with Crippen LogP contribution in [0, 0.1) is 0 Å². The second kappa shape index (κ2) is 7.94. The molecule has 0 atom stereocenters. The first-order chi connectivity index (χ1) is 16.1. The van der Waals surface area contributed by atoms with E-state index in [-0.39, 0.29) is 0 Å². The summed E-state index contributed by atoms with van der Waals surface area (Å²) >= 11 is 0. The molecule has 0 spiro atoms. The van der Waals surface area contributed by atoms with Gasteiger partial charge in [0.2, 0.25) is 0 Å². The fourth-order valence-corrected chi connectivity index (χ4v) is 4.32. The van der Waals surface area contributed by atoms with Crippen molar-refractivity contribution in [3.63, 3.8) is 0 Å². The summed E-state index contributed by atoms with van der Waals surface area (Å²) in [7, 11) is 0. The van der Waals surface area contributed by atoms with E-state index in [1.165, 1.54) is 29.8 Å². The number of nitrogens with zero attached hydrogens (tertiary/aromatic N) is 1. The summed E-state index contributed by atoms with van der Waals surface area (Å²) in [5, 5.41) is 0. The van der Waals surface area contributed by atoms with Crippen molar-refractivity contribution in [2.45, 2.75) is 18.8 Å². The zero-order valence-electron chi connectivity index (χ0n) is 17.6. The van der Waals surface area contributed by atoms with E-state index in [1.54, 1.807) is 4.90 Å². The first-order valence-electron chi connectivity index (χ1n) is 10.5. The van der Waals surface area contributed by atoms with Crippen LogP contribution in [0.15, 0.2) is 91.0 Å². The normalized spacial score (nSPS) is 12.9. The van der Waals surface area contributed by atoms with Gasteiger partial charge in [0.25, 0.3) is 0 Å². The zero-order valence-corrected chi connectivity index (χ0v) is 17.6. The molecule has 4 aromatic carbocycles. The van der Waals surface area contributed by atoms with Crippen molar-refractivity contribution in [2.75, 3.05) is 4.90 Å². The largest absolute Gasteiger partial charge is 0.416 e. The zero-order chi connectivity index (χ0) is 24.1. The van der Waals surface area contributed by atoms with Crippen molar-refractivity contribution in [3.8, 4) is 11.1 Å². The molecule has 0 aliphatic heterocycles. The molecule has 0 N–H and O–H groups in total. The molecule has 0 unspecified atom stereocenters. The summed E-state index contributed by atoms with van der Waals surface area (Å²) < 4.78 is 78.5. The van der Waals surface area contributed by atoms with Crippen molar-refractivity contribution >= 4 is 17.1 Å². The van der Waals surface area contributed by atoms with E-state index in [1.807, 2.05) is 42.5 Å². The van der Waals surface area contributed by atoms with Gasteiger partial charge in [-0.25, -0.2) is 0 Å². The predicted molar refractivity (Wildman–Crippen MR) is 119 cm³/mol. The van der Waals surface area contributed by atoms with Crippen molar-refractivity contribution in [1.29, 1.82) is 0 Å². The third-order valence-corrected chi connectivity index (χ3v) is 5.94. The second-order valence-electron chi connectivity index (χ2n) is 8.10. The van der Waals surface area contributed by atoms with Gasteiger partial charge in [0, 0.05) is 17.1 Å². The average Bonchev–Trinajstić information content (AvgIpc) is 3.17. The monoisotopic (exact) mass is 469 g/mol. The minimum Gasteiger partial charge on any atom is -0.310 e. The highest BCUT2D eigenvalue weighted by molar-refractivity contribution is 5.83. The lowest BCUT2D eigenvalue weighted by Gasteiger charge is -2.26. The van der Waals surface area contributed by atoms with Crippen LogP contribution in [0.2, 0.25) is 0 Å². The van der Waals surface area contributed by atoms with Crippen molar-refractivity contribution in [2.24, 2.45) is 0 Å². The highest BCUT2D eigenvalue weighted by Crippen LogP contribution is 2.43. The van der Waals surface area contributed by atoms with Crippen LogP contribution in [0.25, 0.3) is 11.1 Å². The van der Waals surface area contributed by atoms with E-state index < -0.39 is 23.5 Å². The smallest absolute Gasteiger partial charge is 0.310 e. The van der Waals surface area contributed by atoms with E-state index in [9.17, 15) is 26.3 Å². The number of alkyl halides is 6. The minimum atomic E-state index is -4.49. The van der Waals surface area contributed by atoms with Gasteiger partial charge in [0.05, 0.1) is 11.1 Å². The maximum atomic E-state index is 13.1. The van der Waals surface area contributed by atoms with Gasteiger partial charge in [-0.2, -0.15) is 26.3 Å². The summed E-state index contributed by atoms with van der Waals surface area (Å²) in [6.45, 7) is 0. The van der Waals surface area contributed by atoms with Crippen LogP contribution in [0.5, 0.6) is 0 Å². The molecular weight excluding hydrogens is 452 g/mol. The molecule has 0 amide bonds. The lowest BCUT2D eigenvalue weighted by atomic mass is 10.0. The highest BCUT2D eigenvalue weighted by Gasteiger charge is 2.32. The van der Waals surface area contributed by atoms with E-state index in [0.717, 1.165) is 41.0 Å². The highest BCUT2D eigenvalue weighted by atomic mass is 19.4. The number of rotatable bonds is 3. The van der Waals surface area contributed by atoms with E-state index in [2.05, 4.69) is 0 Å². The number of halogens is 6. The van der Waals surface area contributed by atoms with Gasteiger partial charge in [-0.05, 0) is 89.3 Å². The van der Waals surface area contributed by atoms with Crippen LogP contribution in [-0.4, -0.2) is 0 Å². The molecule has 0 heterocycles. The SMILES string of the molecule is FC(F)(F)c1ccc(N(c2ccc(C(F)(F)F)cc2)c2ccc3c(c2)Cc2ccccc2-3)cc1. The Morgan fingerprint density at radius 3 is 1.50 bits per heavy atom. The van der Waals surface area contributed by atoms with Crippen LogP contribution in [-0.2, 0) is 18.8 Å². The molecule has 1 aliphatic rings. The molecule has 1 nitrogen and oxygen atoms in total. The third-order valence-electron chi connectivity index (χ3n) is 5.94. The molecule has 0 aromatic heterocycles. The van der Waals surface area contributed by atoms with Gasteiger partial charge in [-0.3, -0.25) is 0 Å². The summed E-state index contributed by atoms with van der Waals surface area (Å²) in [6.07, 6.45) is -8.28. The van der Waals surface area contributed by atoms with Crippen LogP contribution in [0.3, 0.4) is 0 Å². The first-order valence-corrected chi connectivity index (χ1v) is 10.5. The Kier molecular flexibility index (Phi) is 5.15. The lowest BCUT2D eigenvalue weighted by Crippen LogP contribution is -2.12. The maximum Gasteiger partial charge on any atom is 0.416 e. The number of anilines is 3. The van der Waals surface area contributed by atoms with Gasteiger partial charge >= 0.3 is 12.4 Å². The molecule has 0 fully saturated rings. The molecule has 34 heavy (non-hydrogen) atoms. The van der Waals surface area contributed by atoms with Gasteiger partial charge in [0.1, 0.15) is 0 Å². The quantitative estimate of drug-likeness (QED) is 0.239. The lowest BCUT2D eigenvalue weighted by molar-refractivity contribution is -0.138. The Bertz CT molecular complexity index is 1280. The topological polar surface area (TPSA) is 3.24 Å². The van der Waals surface area contributed by atoms with Crippen molar-refractivity contribution < 1.29 is 26.3 Å². The first kappa shape index (κ1) is 22.1. The Balaban J connectivity index is 1.60. The Morgan fingerprint density at radius 1 is 0.500 bits per heavy atom. The van der Waals surface area contributed by atoms with E-state index in [0.29, 0.717) is 23.5 Å². The predicted octanol–water partition coefficient (Wildman–Crippen LogP) is 8.77. The van der Waals surface area contributed by atoms with Gasteiger partial charge < -0.3 is 4.90 Å². The Labute approximate surface area is 191 Å². The molecule has 0 bridgehead atoms. The molecule has 5 rings (SSSR count). The van der Waals surface area contributed by atoms with Crippen LogP contribution in [0.1, 0.15) is 22.3 Å². The molecule has 1 aliphatic carbocycles. The summed E-state index contributed by atoms with van der Waals surface area (Å²) in [6, 6.07) is 22.9. The fourth-order valence-electron chi connectivity index (χ4n) is 4.32. The fraction of sp³-hybridized carbons (Fsp3) is 0.111. The molecule has 0 saturated heterocycles. The molecule has 7 heteroatoms. The third kappa shape index (κ3) is 4.02. The summed E-state index contributed by atoms with van der Waals surface area (Å²) in [5.74, 6) is 0. The van der Waals surface area contributed by atoms with Gasteiger partial charge in [-0.1, -0.05) is 30.3 Å². The van der Waals surface area contributed by atoms with E-state index >= 15 is 0 Å². The van der Waals surface area contributed by atoms with Crippen molar-refractivity contribution in [1.82, 2.24) is 0 Å². The molecule has 0 saturated carbocycles. The Morgan fingerprint density at radius 2 is 0.971 bits per heavy atom. The Hall–Kier alpha value is -3.74. The van der Waals surface area contributed by atoms with Gasteiger partial charge in [0.15, 0.2) is 0 Å². The standard InChI is InChI=1S/C27H17F6N/c28-26(29,30)19-5-9-21(10-6-19)34(22-11-7-20(8-12-22)27(31,32)33)23-13-14-25-18(16-23)15-17-3-1-2-4-24(17)25/h1-14,16H,15H2. The van der Waals surface area contributed by atoms with Crippen LogP contribution >= 0.6 is 0 Å².